The van der Waals surface area contributed by atoms with Gasteiger partial charge in [0, 0.05) is 7.11 Å². The molecule has 0 saturated heterocycles. The molecule has 0 aromatic rings. The molecule has 0 aromatic heterocycles. The van der Waals surface area contributed by atoms with Gasteiger partial charge in [-0.25, -0.2) is 0 Å². The Morgan fingerprint density at radius 2 is 1.46 bits per heavy atom. The van der Waals surface area contributed by atoms with Crippen molar-refractivity contribution in [3.8, 4) is 0 Å². The van der Waals surface area contributed by atoms with Crippen molar-refractivity contribution in [2.75, 3.05) is 7.11 Å². The summed E-state index contributed by atoms with van der Waals surface area (Å²) in [5.74, 6) is 1.15. The fraction of sp³-hybridized carbons (Fsp3) is 1.00. The van der Waals surface area contributed by atoms with Crippen LogP contribution in [0, 0.1) is 5.92 Å². The molecule has 0 atom stereocenters. The Hall–Kier alpha value is -0.0400. The number of rotatable bonds is 7. The molecule has 0 aliphatic heterocycles. The van der Waals surface area contributed by atoms with E-state index in [4.69, 9.17) is 5.11 Å². The Morgan fingerprint density at radius 1 is 0.923 bits per heavy atom. The summed E-state index contributed by atoms with van der Waals surface area (Å²) >= 11 is 0. The average Bonchev–Trinajstić information content (AvgIpc) is 2.98. The van der Waals surface area contributed by atoms with Crippen molar-refractivity contribution in [3.63, 3.8) is 0 Å². The van der Waals surface area contributed by atoms with E-state index in [9.17, 15) is 0 Å². The zero-order valence-electron chi connectivity index (χ0n) is 9.39. The Morgan fingerprint density at radius 3 is 2.00 bits per heavy atom. The molecule has 1 rings (SSSR count). The highest BCUT2D eigenvalue weighted by molar-refractivity contribution is 4.72. The topological polar surface area (TPSA) is 20.2 Å². The Bertz CT molecular complexity index is 87.1. The number of aliphatic hydroxyl groups excluding tert-OH is 1. The summed E-state index contributed by atoms with van der Waals surface area (Å²) in [6, 6.07) is 0. The maximum Gasteiger partial charge on any atom is 0.0319 e. The van der Waals surface area contributed by atoms with E-state index >= 15 is 0 Å². The zero-order chi connectivity index (χ0) is 9.94. The Kier molecular flexibility index (Phi) is 10.0. The molecular formula is C12H26O. The van der Waals surface area contributed by atoms with E-state index < -0.39 is 0 Å². The van der Waals surface area contributed by atoms with Crippen molar-refractivity contribution in [2.45, 2.75) is 64.7 Å². The smallest absolute Gasteiger partial charge is 0.0319 e. The largest absolute Gasteiger partial charge is 0.400 e. The normalized spacial score (nSPS) is 15.0. The van der Waals surface area contributed by atoms with Crippen LogP contribution in [0.3, 0.4) is 0 Å². The third-order valence-electron chi connectivity index (χ3n) is 2.66. The van der Waals surface area contributed by atoms with Gasteiger partial charge in [-0.3, -0.25) is 0 Å². The van der Waals surface area contributed by atoms with Crippen molar-refractivity contribution < 1.29 is 5.11 Å². The first-order chi connectivity index (χ1) is 6.43. The third-order valence-corrected chi connectivity index (χ3v) is 2.66. The molecule has 1 heteroatoms. The predicted octanol–water partition coefficient (Wildman–Crippen LogP) is 3.76. The van der Waals surface area contributed by atoms with Crippen LogP contribution >= 0.6 is 0 Å². The number of hydrogen-bond donors (Lipinski definition) is 1. The molecule has 1 N–H and O–H groups in total. The van der Waals surface area contributed by atoms with E-state index in [1.165, 1.54) is 57.8 Å². The van der Waals surface area contributed by atoms with Gasteiger partial charge >= 0.3 is 0 Å². The maximum atomic E-state index is 7.00. The molecular weight excluding hydrogens is 160 g/mol. The lowest BCUT2D eigenvalue weighted by Gasteiger charge is -1.98. The van der Waals surface area contributed by atoms with Crippen LogP contribution in [0.1, 0.15) is 64.7 Å². The van der Waals surface area contributed by atoms with Crippen molar-refractivity contribution in [3.05, 3.63) is 0 Å². The van der Waals surface area contributed by atoms with E-state index in [1.54, 1.807) is 0 Å². The average molecular weight is 186 g/mol. The van der Waals surface area contributed by atoms with Gasteiger partial charge in [-0.1, -0.05) is 64.7 Å². The van der Waals surface area contributed by atoms with Crippen LogP contribution in [0.5, 0.6) is 0 Å². The molecule has 1 aliphatic rings. The van der Waals surface area contributed by atoms with Gasteiger partial charge in [-0.05, 0) is 5.92 Å². The van der Waals surface area contributed by atoms with Crippen molar-refractivity contribution >= 4 is 0 Å². The summed E-state index contributed by atoms with van der Waals surface area (Å²) in [4.78, 5) is 0. The van der Waals surface area contributed by atoms with E-state index in [0.717, 1.165) is 13.0 Å². The van der Waals surface area contributed by atoms with Gasteiger partial charge in [0.25, 0.3) is 0 Å². The van der Waals surface area contributed by atoms with Crippen LogP contribution in [0.2, 0.25) is 0 Å². The zero-order valence-corrected chi connectivity index (χ0v) is 9.39. The first-order valence-electron chi connectivity index (χ1n) is 5.88. The van der Waals surface area contributed by atoms with Crippen LogP contribution < -0.4 is 0 Å². The molecule has 0 heterocycles. The van der Waals surface area contributed by atoms with Crippen LogP contribution in [0.15, 0.2) is 0 Å². The molecule has 1 aliphatic carbocycles. The third kappa shape index (κ3) is 9.88. The fourth-order valence-electron chi connectivity index (χ4n) is 1.62. The molecule has 1 saturated carbocycles. The lowest BCUT2D eigenvalue weighted by atomic mass is 10.1. The summed E-state index contributed by atoms with van der Waals surface area (Å²) in [6.07, 6.45) is 13.4. The lowest BCUT2D eigenvalue weighted by Crippen LogP contribution is -1.80. The molecule has 0 bridgehead atoms. The quantitative estimate of drug-likeness (QED) is 0.600. The molecule has 0 spiro atoms. The standard InChI is InChI=1S/C11H22.CH4O/c1-2-3-4-5-6-7-8-11-9-10-11;1-2/h11H,2-10H2,1H3;2H,1H3. The van der Waals surface area contributed by atoms with Crippen molar-refractivity contribution in [1.82, 2.24) is 0 Å². The van der Waals surface area contributed by atoms with Gasteiger partial charge in [0.15, 0.2) is 0 Å². The van der Waals surface area contributed by atoms with E-state index in [2.05, 4.69) is 6.92 Å². The second-order valence-corrected chi connectivity index (χ2v) is 4.00. The van der Waals surface area contributed by atoms with Gasteiger partial charge in [-0.15, -0.1) is 0 Å². The first-order valence-corrected chi connectivity index (χ1v) is 5.88. The number of aliphatic hydroxyl groups is 1. The highest BCUT2D eigenvalue weighted by Gasteiger charge is 2.19. The van der Waals surface area contributed by atoms with Crippen LogP contribution in [0.4, 0.5) is 0 Å². The summed E-state index contributed by atoms with van der Waals surface area (Å²) < 4.78 is 0. The maximum absolute atomic E-state index is 7.00. The molecule has 80 valence electrons. The van der Waals surface area contributed by atoms with E-state index in [1.807, 2.05) is 0 Å². The number of unbranched alkanes of at least 4 members (excludes halogenated alkanes) is 5. The molecule has 13 heavy (non-hydrogen) atoms. The van der Waals surface area contributed by atoms with Crippen LogP contribution in [-0.4, -0.2) is 12.2 Å². The van der Waals surface area contributed by atoms with Crippen molar-refractivity contribution in [1.29, 1.82) is 0 Å². The Balaban J connectivity index is 0.000000671. The van der Waals surface area contributed by atoms with Gasteiger partial charge in [0.2, 0.25) is 0 Å². The molecule has 1 fully saturated rings. The summed E-state index contributed by atoms with van der Waals surface area (Å²) in [5, 5.41) is 7.00. The van der Waals surface area contributed by atoms with Crippen LogP contribution in [-0.2, 0) is 0 Å². The second kappa shape index (κ2) is 10.0. The number of hydrogen-bond acceptors (Lipinski definition) is 1. The minimum Gasteiger partial charge on any atom is -0.400 e. The van der Waals surface area contributed by atoms with E-state index in [-0.39, 0.29) is 0 Å². The summed E-state index contributed by atoms with van der Waals surface area (Å²) in [7, 11) is 1.00. The molecule has 1 nitrogen and oxygen atoms in total. The minimum absolute atomic E-state index is 1.00. The minimum atomic E-state index is 1.00. The summed E-state index contributed by atoms with van der Waals surface area (Å²) in [6.45, 7) is 2.28. The fourth-order valence-corrected chi connectivity index (χ4v) is 1.62. The highest BCUT2D eigenvalue weighted by Crippen LogP contribution is 2.34. The molecule has 0 unspecified atom stereocenters. The highest BCUT2D eigenvalue weighted by atomic mass is 16.2. The lowest BCUT2D eigenvalue weighted by molar-refractivity contribution is 0.399. The van der Waals surface area contributed by atoms with Gasteiger partial charge < -0.3 is 5.11 Å². The molecule has 0 aromatic carbocycles. The Labute approximate surface area is 83.5 Å². The monoisotopic (exact) mass is 186 g/mol. The van der Waals surface area contributed by atoms with Gasteiger partial charge in [0.05, 0.1) is 0 Å². The van der Waals surface area contributed by atoms with Crippen LogP contribution in [0.25, 0.3) is 0 Å². The van der Waals surface area contributed by atoms with E-state index in [0.29, 0.717) is 0 Å². The van der Waals surface area contributed by atoms with Gasteiger partial charge in [-0.2, -0.15) is 0 Å². The van der Waals surface area contributed by atoms with Crippen molar-refractivity contribution in [2.24, 2.45) is 5.92 Å². The summed E-state index contributed by atoms with van der Waals surface area (Å²) in [5.41, 5.74) is 0. The van der Waals surface area contributed by atoms with Gasteiger partial charge in [0.1, 0.15) is 0 Å². The predicted molar refractivity (Wildman–Crippen MR) is 58.9 cm³/mol. The first kappa shape index (κ1) is 13.0. The molecule has 0 radical (unpaired) electrons. The molecule has 0 amide bonds. The second-order valence-electron chi connectivity index (χ2n) is 4.00. The SMILES string of the molecule is CCCCCCCCC1CC1.CO.